The van der Waals surface area contributed by atoms with E-state index in [1.165, 1.54) is 12.3 Å². The van der Waals surface area contributed by atoms with Crippen molar-refractivity contribution in [3.63, 3.8) is 0 Å². The minimum atomic E-state index is -0.374. The molecule has 0 unspecified atom stereocenters. The predicted octanol–water partition coefficient (Wildman–Crippen LogP) is 4.16. The van der Waals surface area contributed by atoms with Crippen LogP contribution in [0, 0.1) is 0 Å². The summed E-state index contributed by atoms with van der Waals surface area (Å²) in [5, 5.41) is 8.80. The van der Waals surface area contributed by atoms with Crippen molar-refractivity contribution >= 4 is 46.5 Å². The number of pyridine rings is 1. The van der Waals surface area contributed by atoms with E-state index in [0.29, 0.717) is 35.1 Å². The fourth-order valence-electron chi connectivity index (χ4n) is 3.21. The van der Waals surface area contributed by atoms with Crippen molar-refractivity contribution in [2.24, 2.45) is 0 Å². The molecule has 1 aromatic heterocycles. The van der Waals surface area contributed by atoms with Gasteiger partial charge in [0.05, 0.1) is 5.02 Å². The number of aromatic nitrogens is 1. The summed E-state index contributed by atoms with van der Waals surface area (Å²) in [5.41, 5.74) is 2.60. The SMILES string of the molecule is O=C(Nc1ccc(N2CCCNC2=O)cc1)c1ccc(NC(=O)c2ccc(Cl)cn2)cc1. The summed E-state index contributed by atoms with van der Waals surface area (Å²) in [5.74, 6) is -0.660. The summed E-state index contributed by atoms with van der Waals surface area (Å²) in [7, 11) is 0. The van der Waals surface area contributed by atoms with Gasteiger partial charge in [0, 0.05) is 41.9 Å². The van der Waals surface area contributed by atoms with Gasteiger partial charge < -0.3 is 16.0 Å². The number of nitrogens with one attached hydrogen (secondary N) is 3. The highest BCUT2D eigenvalue weighted by Gasteiger charge is 2.19. The summed E-state index contributed by atoms with van der Waals surface area (Å²) in [6.45, 7) is 1.35. The van der Waals surface area contributed by atoms with E-state index in [2.05, 4.69) is 20.9 Å². The lowest BCUT2D eigenvalue weighted by atomic mass is 10.1. The Labute approximate surface area is 189 Å². The van der Waals surface area contributed by atoms with Gasteiger partial charge in [0.25, 0.3) is 11.8 Å². The van der Waals surface area contributed by atoms with Crippen LogP contribution >= 0.6 is 11.6 Å². The molecule has 3 N–H and O–H groups in total. The minimum absolute atomic E-state index is 0.118. The lowest BCUT2D eigenvalue weighted by Gasteiger charge is -2.27. The van der Waals surface area contributed by atoms with Crippen molar-refractivity contribution < 1.29 is 14.4 Å². The van der Waals surface area contributed by atoms with Crippen LogP contribution < -0.4 is 20.9 Å². The lowest BCUT2D eigenvalue weighted by molar-refractivity contribution is 0.101. The largest absolute Gasteiger partial charge is 0.338 e. The molecule has 0 aliphatic carbocycles. The molecule has 0 radical (unpaired) electrons. The molecule has 1 aliphatic heterocycles. The first-order valence-corrected chi connectivity index (χ1v) is 10.4. The van der Waals surface area contributed by atoms with Gasteiger partial charge in [-0.3, -0.25) is 14.5 Å². The van der Waals surface area contributed by atoms with E-state index in [9.17, 15) is 14.4 Å². The number of nitrogens with zero attached hydrogens (tertiary/aromatic N) is 2. The molecule has 4 amide bonds. The number of amides is 4. The van der Waals surface area contributed by atoms with Gasteiger partial charge in [-0.1, -0.05) is 11.6 Å². The molecule has 1 saturated heterocycles. The fourth-order valence-corrected chi connectivity index (χ4v) is 3.33. The molecule has 9 heteroatoms. The second-order valence-electron chi connectivity index (χ2n) is 7.13. The molecule has 0 bridgehead atoms. The number of urea groups is 1. The Bertz CT molecular complexity index is 1130. The first-order chi connectivity index (χ1) is 15.5. The van der Waals surface area contributed by atoms with Gasteiger partial charge in [0.1, 0.15) is 5.69 Å². The number of carbonyl (C=O) groups is 3. The summed E-state index contributed by atoms with van der Waals surface area (Å²) < 4.78 is 0. The van der Waals surface area contributed by atoms with Crippen LogP contribution in [0.3, 0.4) is 0 Å². The molecule has 32 heavy (non-hydrogen) atoms. The molecule has 0 spiro atoms. The topological polar surface area (TPSA) is 103 Å². The van der Waals surface area contributed by atoms with Crippen LogP contribution in [0.2, 0.25) is 5.02 Å². The Hall–Kier alpha value is -3.91. The number of halogens is 1. The summed E-state index contributed by atoms with van der Waals surface area (Å²) in [4.78, 5) is 42.4. The highest BCUT2D eigenvalue weighted by atomic mass is 35.5. The van der Waals surface area contributed by atoms with Gasteiger partial charge in [-0.15, -0.1) is 0 Å². The number of hydrogen-bond donors (Lipinski definition) is 3. The number of rotatable bonds is 5. The average molecular weight is 450 g/mol. The van der Waals surface area contributed by atoms with E-state index in [1.807, 2.05) is 0 Å². The quantitative estimate of drug-likeness (QED) is 0.544. The second kappa shape index (κ2) is 9.49. The van der Waals surface area contributed by atoms with Crippen molar-refractivity contribution in [2.75, 3.05) is 28.6 Å². The zero-order chi connectivity index (χ0) is 22.5. The van der Waals surface area contributed by atoms with E-state index in [0.717, 1.165) is 12.1 Å². The van der Waals surface area contributed by atoms with Gasteiger partial charge in [0.2, 0.25) is 0 Å². The minimum Gasteiger partial charge on any atom is -0.338 e. The zero-order valence-corrected chi connectivity index (χ0v) is 17.7. The maximum absolute atomic E-state index is 12.5. The smallest absolute Gasteiger partial charge is 0.321 e. The molecule has 2 heterocycles. The second-order valence-corrected chi connectivity index (χ2v) is 7.57. The molecule has 8 nitrogen and oxygen atoms in total. The van der Waals surface area contributed by atoms with Crippen molar-refractivity contribution in [1.29, 1.82) is 0 Å². The van der Waals surface area contributed by atoms with E-state index in [1.54, 1.807) is 59.5 Å². The van der Waals surface area contributed by atoms with Crippen LogP contribution in [0.25, 0.3) is 0 Å². The van der Waals surface area contributed by atoms with E-state index in [-0.39, 0.29) is 23.5 Å². The highest BCUT2D eigenvalue weighted by molar-refractivity contribution is 6.30. The Balaban J connectivity index is 1.36. The van der Waals surface area contributed by atoms with Crippen molar-refractivity contribution in [3.05, 3.63) is 83.1 Å². The third kappa shape index (κ3) is 5.04. The molecular formula is C23H20ClN5O3. The third-order valence-corrected chi connectivity index (χ3v) is 5.11. The first kappa shape index (κ1) is 21.3. The van der Waals surface area contributed by atoms with Crippen LogP contribution in [0.5, 0.6) is 0 Å². The van der Waals surface area contributed by atoms with Crippen LogP contribution in [0.4, 0.5) is 21.9 Å². The molecule has 0 saturated carbocycles. The standard InChI is InChI=1S/C23H20ClN5O3/c24-16-4-11-20(26-14-16)22(31)28-17-5-2-15(3-6-17)21(30)27-18-7-9-19(10-8-18)29-13-1-12-25-23(29)32/h2-11,14H,1,12-13H2,(H,25,32)(H,27,30)(H,28,31). The molecule has 162 valence electrons. The van der Waals surface area contributed by atoms with Crippen molar-refractivity contribution in [3.8, 4) is 0 Å². The fraction of sp³-hybridized carbons (Fsp3) is 0.130. The summed E-state index contributed by atoms with van der Waals surface area (Å²) in [6, 6.07) is 16.6. The van der Waals surface area contributed by atoms with Gasteiger partial charge in [-0.2, -0.15) is 0 Å². The monoisotopic (exact) mass is 449 g/mol. The number of carbonyl (C=O) groups excluding carboxylic acids is 3. The molecule has 2 aromatic carbocycles. The number of hydrogen-bond acceptors (Lipinski definition) is 4. The van der Waals surface area contributed by atoms with Gasteiger partial charge >= 0.3 is 6.03 Å². The van der Waals surface area contributed by atoms with Crippen LogP contribution in [0.1, 0.15) is 27.3 Å². The summed E-state index contributed by atoms with van der Waals surface area (Å²) >= 11 is 5.78. The third-order valence-electron chi connectivity index (χ3n) is 4.88. The maximum atomic E-state index is 12.5. The van der Waals surface area contributed by atoms with Crippen LogP contribution in [0.15, 0.2) is 66.9 Å². The number of benzene rings is 2. The molecule has 1 aliphatic rings. The first-order valence-electron chi connectivity index (χ1n) is 9.99. The van der Waals surface area contributed by atoms with E-state index in [4.69, 9.17) is 11.6 Å². The molecule has 3 aromatic rings. The van der Waals surface area contributed by atoms with Gasteiger partial charge in [-0.05, 0) is 67.1 Å². The molecule has 1 fully saturated rings. The van der Waals surface area contributed by atoms with Gasteiger partial charge in [-0.25, -0.2) is 9.78 Å². The van der Waals surface area contributed by atoms with Crippen LogP contribution in [-0.4, -0.2) is 35.9 Å². The average Bonchev–Trinajstić information content (AvgIpc) is 2.81. The molecule has 0 atom stereocenters. The maximum Gasteiger partial charge on any atom is 0.321 e. The van der Waals surface area contributed by atoms with E-state index < -0.39 is 0 Å². The normalized spacial score (nSPS) is 13.3. The number of anilines is 3. The molecule has 4 rings (SSSR count). The van der Waals surface area contributed by atoms with E-state index >= 15 is 0 Å². The Morgan fingerprint density at radius 1 is 0.906 bits per heavy atom. The zero-order valence-electron chi connectivity index (χ0n) is 17.0. The van der Waals surface area contributed by atoms with Crippen molar-refractivity contribution in [2.45, 2.75) is 6.42 Å². The molecular weight excluding hydrogens is 430 g/mol. The summed E-state index contributed by atoms with van der Waals surface area (Å²) in [6.07, 6.45) is 2.29. The Kier molecular flexibility index (Phi) is 6.32. The highest BCUT2D eigenvalue weighted by Crippen LogP contribution is 2.20. The van der Waals surface area contributed by atoms with Crippen LogP contribution in [-0.2, 0) is 0 Å². The predicted molar refractivity (Wildman–Crippen MR) is 123 cm³/mol. The lowest BCUT2D eigenvalue weighted by Crippen LogP contribution is -2.46. The Morgan fingerprint density at radius 2 is 1.56 bits per heavy atom. The van der Waals surface area contributed by atoms with Crippen molar-refractivity contribution in [1.82, 2.24) is 10.3 Å². The van der Waals surface area contributed by atoms with Gasteiger partial charge in [0.15, 0.2) is 0 Å². The Morgan fingerprint density at radius 3 is 2.19 bits per heavy atom.